The lowest BCUT2D eigenvalue weighted by Crippen LogP contribution is -2.18. The van der Waals surface area contributed by atoms with Crippen LogP contribution in [0.1, 0.15) is 35.2 Å². The van der Waals surface area contributed by atoms with Crippen LogP contribution in [0.25, 0.3) is 17.0 Å². The molecule has 0 saturated heterocycles. The number of hydrogen-bond donors (Lipinski definition) is 2. The number of aromatic nitrogens is 2. The van der Waals surface area contributed by atoms with E-state index in [1.165, 1.54) is 31.4 Å². The zero-order valence-electron chi connectivity index (χ0n) is 15.3. The molecule has 0 spiro atoms. The van der Waals surface area contributed by atoms with Crippen molar-refractivity contribution in [2.45, 2.75) is 25.8 Å². The van der Waals surface area contributed by atoms with E-state index in [0.717, 1.165) is 28.9 Å². The first-order valence-corrected chi connectivity index (χ1v) is 9.37. The third-order valence-electron chi connectivity index (χ3n) is 5.16. The number of rotatable bonds is 6. The Kier molecular flexibility index (Phi) is 4.93. The summed E-state index contributed by atoms with van der Waals surface area (Å²) in [5.41, 5.74) is 2.32. The molecule has 6 heteroatoms. The Balaban J connectivity index is 1.46. The van der Waals surface area contributed by atoms with Crippen molar-refractivity contribution < 1.29 is 14.7 Å². The van der Waals surface area contributed by atoms with Crippen LogP contribution < -0.4 is 5.32 Å². The molecule has 4 rings (SSSR count). The number of nitrogens with zero attached hydrogens (tertiary/aromatic N) is 2. The molecule has 0 atom stereocenters. The van der Waals surface area contributed by atoms with Crippen LogP contribution in [0.2, 0.25) is 0 Å². The van der Waals surface area contributed by atoms with Crippen molar-refractivity contribution in [2.24, 2.45) is 5.92 Å². The van der Waals surface area contributed by atoms with E-state index in [1.54, 1.807) is 24.3 Å². The highest BCUT2D eigenvalue weighted by Gasteiger charge is 2.19. The maximum Gasteiger partial charge on any atom is 0.337 e. The topological polar surface area (TPSA) is 84.2 Å². The van der Waals surface area contributed by atoms with E-state index in [-0.39, 0.29) is 17.2 Å². The maximum absolute atomic E-state index is 12.2. The molecule has 0 unspecified atom stereocenters. The van der Waals surface area contributed by atoms with E-state index >= 15 is 0 Å². The van der Waals surface area contributed by atoms with Crippen LogP contribution >= 0.6 is 0 Å². The third kappa shape index (κ3) is 3.81. The zero-order valence-corrected chi connectivity index (χ0v) is 15.3. The molecule has 1 heterocycles. The SMILES string of the molecule is O=C(/C=C/c1ccc2c(cnn2CC2CCC2)c1)Nc1ccccc1C(=O)O. The summed E-state index contributed by atoms with van der Waals surface area (Å²) in [6.45, 7) is 0.962. The zero-order chi connectivity index (χ0) is 19.5. The van der Waals surface area contributed by atoms with Crippen LogP contribution in [0.4, 0.5) is 5.69 Å². The molecule has 1 amide bonds. The summed E-state index contributed by atoms with van der Waals surface area (Å²) >= 11 is 0. The predicted molar refractivity (Wildman–Crippen MR) is 108 cm³/mol. The second-order valence-corrected chi connectivity index (χ2v) is 7.12. The first-order valence-electron chi connectivity index (χ1n) is 9.37. The van der Waals surface area contributed by atoms with E-state index in [1.807, 2.05) is 24.4 Å². The lowest BCUT2D eigenvalue weighted by Gasteiger charge is -2.25. The van der Waals surface area contributed by atoms with Gasteiger partial charge in [0, 0.05) is 18.0 Å². The molecule has 3 aromatic rings. The van der Waals surface area contributed by atoms with Gasteiger partial charge in [-0.05, 0) is 54.7 Å². The average Bonchev–Trinajstić information content (AvgIpc) is 3.05. The van der Waals surface area contributed by atoms with Gasteiger partial charge in [0.05, 0.1) is 23.0 Å². The number of carboxylic acids is 1. The quantitative estimate of drug-likeness (QED) is 0.633. The van der Waals surface area contributed by atoms with Gasteiger partial charge >= 0.3 is 5.97 Å². The largest absolute Gasteiger partial charge is 0.478 e. The van der Waals surface area contributed by atoms with Crippen molar-refractivity contribution in [3.05, 3.63) is 65.9 Å². The van der Waals surface area contributed by atoms with Crippen LogP contribution in [0, 0.1) is 5.92 Å². The Bertz CT molecular complexity index is 1060. The lowest BCUT2D eigenvalue weighted by molar-refractivity contribution is -0.111. The number of nitrogens with one attached hydrogen (secondary N) is 1. The highest BCUT2D eigenvalue weighted by Crippen LogP contribution is 2.29. The lowest BCUT2D eigenvalue weighted by atomic mass is 9.85. The molecule has 1 aliphatic rings. The summed E-state index contributed by atoms with van der Waals surface area (Å²) in [5, 5.41) is 17.3. The highest BCUT2D eigenvalue weighted by atomic mass is 16.4. The van der Waals surface area contributed by atoms with Gasteiger partial charge in [0.25, 0.3) is 0 Å². The van der Waals surface area contributed by atoms with Crippen molar-refractivity contribution in [3.8, 4) is 0 Å². The first-order chi connectivity index (χ1) is 13.6. The second kappa shape index (κ2) is 7.68. The highest BCUT2D eigenvalue weighted by molar-refractivity contribution is 6.06. The van der Waals surface area contributed by atoms with Gasteiger partial charge in [-0.15, -0.1) is 0 Å². The molecule has 6 nitrogen and oxygen atoms in total. The van der Waals surface area contributed by atoms with E-state index < -0.39 is 5.97 Å². The van der Waals surface area contributed by atoms with Gasteiger partial charge in [0.15, 0.2) is 0 Å². The minimum absolute atomic E-state index is 0.0598. The van der Waals surface area contributed by atoms with E-state index in [4.69, 9.17) is 0 Å². The Morgan fingerprint density at radius 2 is 2.04 bits per heavy atom. The van der Waals surface area contributed by atoms with Crippen LogP contribution in [0.3, 0.4) is 0 Å². The number of aromatic carboxylic acids is 1. The van der Waals surface area contributed by atoms with E-state index in [0.29, 0.717) is 0 Å². The number of hydrogen-bond acceptors (Lipinski definition) is 3. The molecular weight excluding hydrogens is 354 g/mol. The molecular formula is C22H21N3O3. The van der Waals surface area contributed by atoms with E-state index in [9.17, 15) is 14.7 Å². The number of carbonyl (C=O) groups is 2. The fourth-order valence-corrected chi connectivity index (χ4v) is 3.40. The summed E-state index contributed by atoms with van der Waals surface area (Å²) in [5.74, 6) is -0.723. The van der Waals surface area contributed by atoms with Gasteiger partial charge in [0.2, 0.25) is 5.91 Å². The van der Waals surface area contributed by atoms with E-state index in [2.05, 4.69) is 15.1 Å². The summed E-state index contributed by atoms with van der Waals surface area (Å²) in [6.07, 6.45) is 8.84. The van der Waals surface area contributed by atoms with Gasteiger partial charge in [-0.2, -0.15) is 5.10 Å². The molecule has 2 aromatic carbocycles. The summed E-state index contributed by atoms with van der Waals surface area (Å²) in [4.78, 5) is 23.4. The monoisotopic (exact) mass is 375 g/mol. The summed E-state index contributed by atoms with van der Waals surface area (Å²) < 4.78 is 2.06. The maximum atomic E-state index is 12.2. The number of para-hydroxylation sites is 1. The van der Waals surface area contributed by atoms with Gasteiger partial charge in [-0.3, -0.25) is 9.48 Å². The van der Waals surface area contributed by atoms with Crippen molar-refractivity contribution in [1.82, 2.24) is 9.78 Å². The van der Waals surface area contributed by atoms with Crippen LogP contribution in [-0.4, -0.2) is 26.8 Å². The smallest absolute Gasteiger partial charge is 0.337 e. The molecule has 1 aliphatic carbocycles. The Hall–Kier alpha value is -3.41. The average molecular weight is 375 g/mol. The molecule has 1 saturated carbocycles. The van der Waals surface area contributed by atoms with Crippen molar-refractivity contribution in [3.63, 3.8) is 0 Å². The standard InChI is InChI=1S/C22H21N3O3/c26-21(24-19-7-2-1-6-18(19)22(27)28)11-9-15-8-10-20-17(12-15)13-23-25(20)14-16-4-3-5-16/h1-2,6-13,16H,3-5,14H2,(H,24,26)(H,27,28)/b11-9+. The fourth-order valence-electron chi connectivity index (χ4n) is 3.40. The van der Waals surface area contributed by atoms with Gasteiger partial charge in [-0.1, -0.05) is 24.6 Å². The minimum atomic E-state index is -1.08. The van der Waals surface area contributed by atoms with Crippen LogP contribution in [0.5, 0.6) is 0 Å². The molecule has 1 fully saturated rings. The molecule has 0 bridgehead atoms. The third-order valence-corrected chi connectivity index (χ3v) is 5.16. The number of fused-ring (bicyclic) bond motifs is 1. The predicted octanol–water partition coefficient (Wildman–Crippen LogP) is 4.19. The number of anilines is 1. The van der Waals surface area contributed by atoms with Crippen molar-refractivity contribution in [2.75, 3.05) is 5.32 Å². The number of carbonyl (C=O) groups excluding carboxylic acids is 1. The molecule has 1 aromatic heterocycles. The number of benzene rings is 2. The fraction of sp³-hybridized carbons (Fsp3) is 0.227. The van der Waals surface area contributed by atoms with Crippen LogP contribution in [0.15, 0.2) is 54.7 Å². The van der Waals surface area contributed by atoms with Gasteiger partial charge < -0.3 is 10.4 Å². The molecule has 0 aliphatic heterocycles. The summed E-state index contributed by atoms with van der Waals surface area (Å²) in [6, 6.07) is 12.3. The molecule has 142 valence electrons. The van der Waals surface area contributed by atoms with Crippen molar-refractivity contribution >= 4 is 34.5 Å². The molecule has 0 radical (unpaired) electrons. The molecule has 28 heavy (non-hydrogen) atoms. The van der Waals surface area contributed by atoms with Gasteiger partial charge in [0.1, 0.15) is 0 Å². The Morgan fingerprint density at radius 3 is 2.79 bits per heavy atom. The Labute approximate surface area is 162 Å². The second-order valence-electron chi connectivity index (χ2n) is 7.12. The van der Waals surface area contributed by atoms with Crippen LogP contribution in [-0.2, 0) is 11.3 Å². The number of amides is 1. The normalized spacial score (nSPS) is 14.3. The molecule has 2 N–H and O–H groups in total. The van der Waals surface area contributed by atoms with Crippen molar-refractivity contribution in [1.29, 1.82) is 0 Å². The summed E-state index contributed by atoms with van der Waals surface area (Å²) in [7, 11) is 0. The Morgan fingerprint density at radius 1 is 1.21 bits per heavy atom. The minimum Gasteiger partial charge on any atom is -0.478 e. The number of carboxylic acid groups (broad SMARTS) is 1. The first kappa shape index (κ1) is 18.0. The van der Waals surface area contributed by atoms with Gasteiger partial charge in [-0.25, -0.2) is 4.79 Å².